The zero-order valence-corrected chi connectivity index (χ0v) is 17.1. The summed E-state index contributed by atoms with van der Waals surface area (Å²) in [6.07, 6.45) is -3.12. The summed E-state index contributed by atoms with van der Waals surface area (Å²) < 4.78 is 4.22. The van der Waals surface area contributed by atoms with Crippen molar-refractivity contribution in [2.24, 2.45) is 4.52 Å². The van der Waals surface area contributed by atoms with Crippen LogP contribution in [0.15, 0.2) is 65.2 Å². The molecule has 0 fully saturated rings. The second kappa shape index (κ2) is 6.49. The molecule has 22 heavy (non-hydrogen) atoms. The van der Waals surface area contributed by atoms with E-state index >= 15 is 0 Å². The van der Waals surface area contributed by atoms with Gasteiger partial charge in [0.25, 0.3) is 0 Å². The number of benzene rings is 2. The SMILES string of the molecule is ClP1(Cl)=N[PH](Cl)(Cl)N[PH](c2ccccc2)(c2ccccc2)N1. The van der Waals surface area contributed by atoms with Gasteiger partial charge < -0.3 is 0 Å². The molecule has 1 aliphatic rings. The van der Waals surface area contributed by atoms with Crippen molar-refractivity contribution in [2.75, 3.05) is 0 Å². The van der Waals surface area contributed by atoms with Gasteiger partial charge in [0.1, 0.15) is 0 Å². The summed E-state index contributed by atoms with van der Waals surface area (Å²) in [6, 6.07) is 19.9. The van der Waals surface area contributed by atoms with Crippen LogP contribution < -0.4 is 20.3 Å². The van der Waals surface area contributed by atoms with Crippen LogP contribution in [-0.4, -0.2) is 0 Å². The van der Waals surface area contributed by atoms with E-state index < -0.39 is 19.7 Å². The average molecular weight is 435 g/mol. The molecule has 0 spiro atoms. The number of nitrogens with zero attached hydrogens (tertiary/aromatic N) is 1. The Balaban J connectivity index is 2.25. The molecule has 10 heteroatoms. The first-order valence-electron chi connectivity index (χ1n) is 6.43. The van der Waals surface area contributed by atoms with Crippen LogP contribution in [0.3, 0.4) is 0 Å². The fourth-order valence-corrected chi connectivity index (χ4v) is 23.4. The van der Waals surface area contributed by atoms with Crippen molar-refractivity contribution in [3.05, 3.63) is 60.7 Å². The van der Waals surface area contributed by atoms with Gasteiger partial charge in [0.2, 0.25) is 0 Å². The Hall–Kier alpha value is 0.610. The number of rotatable bonds is 2. The average Bonchev–Trinajstić information content (AvgIpc) is 2.46. The first-order valence-corrected chi connectivity index (χ1v) is 16.0. The summed E-state index contributed by atoms with van der Waals surface area (Å²) in [7, 11) is -2.72. The summed E-state index contributed by atoms with van der Waals surface area (Å²) in [4.78, 5) is 6.75. The molecule has 2 aromatic rings. The van der Waals surface area contributed by atoms with Gasteiger partial charge in [0.05, 0.1) is 0 Å². The zero-order chi connectivity index (χ0) is 15.8. The molecule has 0 aliphatic carbocycles. The zero-order valence-electron chi connectivity index (χ0n) is 11.2. The third-order valence-corrected chi connectivity index (χ3v) is 18.8. The van der Waals surface area contributed by atoms with Gasteiger partial charge in [-0.3, -0.25) is 0 Å². The number of hydrogen-bond donors (Lipinski definition) is 2. The van der Waals surface area contributed by atoms with Crippen molar-refractivity contribution in [3.8, 4) is 0 Å². The van der Waals surface area contributed by atoms with Gasteiger partial charge in [-0.1, -0.05) is 0 Å². The molecule has 0 radical (unpaired) electrons. The summed E-state index contributed by atoms with van der Waals surface area (Å²) >= 11 is 25.6. The van der Waals surface area contributed by atoms with Gasteiger partial charge in [0, 0.05) is 0 Å². The first-order chi connectivity index (χ1) is 10.3. The molecule has 0 saturated heterocycles. The van der Waals surface area contributed by atoms with Crippen LogP contribution >= 0.6 is 64.7 Å². The molecule has 120 valence electrons. The van der Waals surface area contributed by atoms with Crippen molar-refractivity contribution in [1.29, 1.82) is 0 Å². The second-order valence-electron chi connectivity index (χ2n) is 4.84. The van der Waals surface area contributed by atoms with Crippen molar-refractivity contribution in [2.45, 2.75) is 0 Å². The van der Waals surface area contributed by atoms with E-state index in [1.165, 1.54) is 0 Å². The third-order valence-electron chi connectivity index (χ3n) is 3.30. The molecule has 3 nitrogen and oxygen atoms in total. The minimum atomic E-state index is -3.12. The second-order valence-corrected chi connectivity index (χ2v) is 19.6. The molecule has 0 bridgehead atoms. The maximum absolute atomic E-state index is 6.42. The van der Waals surface area contributed by atoms with E-state index in [2.05, 4.69) is 14.2 Å². The topological polar surface area (TPSA) is 36.4 Å². The van der Waals surface area contributed by atoms with Gasteiger partial charge in [0.15, 0.2) is 0 Å². The van der Waals surface area contributed by atoms with E-state index in [-0.39, 0.29) is 0 Å². The molecule has 2 N–H and O–H groups in total. The summed E-state index contributed by atoms with van der Waals surface area (Å²) in [5.74, 6) is -2.79. The van der Waals surface area contributed by atoms with E-state index in [9.17, 15) is 0 Å². The van der Waals surface area contributed by atoms with E-state index in [1.807, 2.05) is 60.7 Å². The molecule has 0 saturated carbocycles. The molecular formula is C12H14Cl4N3P3. The van der Waals surface area contributed by atoms with Crippen LogP contribution in [0.4, 0.5) is 0 Å². The van der Waals surface area contributed by atoms with Gasteiger partial charge >= 0.3 is 150 Å². The summed E-state index contributed by atoms with van der Waals surface area (Å²) in [6.45, 7) is 0. The monoisotopic (exact) mass is 433 g/mol. The Kier molecular flexibility index (Phi) is 5.14. The van der Waals surface area contributed by atoms with E-state index in [0.717, 1.165) is 10.6 Å². The standard InChI is InChI=1S/C12H14Cl4N3P3/c13-21(14)17-20(18-22(15,16)19-21,11-7-3-1-4-8-11)12-9-5-2-6-10-12/h1-10,17-18,20-21H. The summed E-state index contributed by atoms with van der Waals surface area (Å²) in [5.41, 5.74) is 0. The Morgan fingerprint density at radius 3 is 1.68 bits per heavy atom. The molecule has 3 rings (SSSR count). The fourth-order valence-electron chi connectivity index (χ4n) is 2.48. The Labute approximate surface area is 149 Å². The Morgan fingerprint density at radius 2 is 1.27 bits per heavy atom. The van der Waals surface area contributed by atoms with Gasteiger partial charge in [-0.15, -0.1) is 0 Å². The minimum absolute atomic E-state index is 1.06. The van der Waals surface area contributed by atoms with Crippen LogP contribution in [0.1, 0.15) is 0 Å². The predicted octanol–water partition coefficient (Wildman–Crippen LogP) is 5.72. The van der Waals surface area contributed by atoms with Crippen LogP contribution in [0, 0.1) is 0 Å². The predicted molar refractivity (Wildman–Crippen MR) is 108 cm³/mol. The molecular weight excluding hydrogens is 421 g/mol. The van der Waals surface area contributed by atoms with E-state index in [4.69, 9.17) is 45.0 Å². The third kappa shape index (κ3) is 3.65. The van der Waals surface area contributed by atoms with Crippen molar-refractivity contribution in [1.82, 2.24) is 9.72 Å². The maximum atomic E-state index is 6.42. The van der Waals surface area contributed by atoms with E-state index in [0.29, 0.717) is 0 Å². The Morgan fingerprint density at radius 1 is 0.818 bits per heavy atom. The van der Waals surface area contributed by atoms with Gasteiger partial charge in [-0.25, -0.2) is 0 Å². The summed E-state index contributed by atoms with van der Waals surface area (Å²) in [5, 5.41) is 2.11. The normalized spacial score (nSPS) is 24.7. The van der Waals surface area contributed by atoms with Gasteiger partial charge in [-0.05, 0) is 0 Å². The van der Waals surface area contributed by atoms with Crippen LogP contribution in [0.2, 0.25) is 0 Å². The number of halogens is 4. The fraction of sp³-hybridized carbons (Fsp3) is 0. The first kappa shape index (κ1) is 17.4. The molecule has 0 unspecified atom stereocenters. The molecule has 0 amide bonds. The molecule has 0 aromatic heterocycles. The Bertz CT molecular complexity index is 681. The molecule has 1 heterocycles. The van der Waals surface area contributed by atoms with Crippen molar-refractivity contribution >= 4 is 75.3 Å². The number of nitrogens with one attached hydrogen (secondary N) is 2. The quantitative estimate of drug-likeness (QED) is 0.593. The van der Waals surface area contributed by atoms with Crippen molar-refractivity contribution < 1.29 is 0 Å². The van der Waals surface area contributed by atoms with Crippen LogP contribution in [0.5, 0.6) is 0 Å². The van der Waals surface area contributed by atoms with Crippen LogP contribution in [-0.2, 0) is 0 Å². The van der Waals surface area contributed by atoms with Crippen LogP contribution in [0.25, 0.3) is 0 Å². The number of hydrogen-bond acceptors (Lipinski definition) is 3. The van der Waals surface area contributed by atoms with E-state index in [1.54, 1.807) is 0 Å². The molecule has 0 atom stereocenters. The molecule has 2 aromatic carbocycles. The van der Waals surface area contributed by atoms with Crippen molar-refractivity contribution in [3.63, 3.8) is 0 Å². The molecule has 1 aliphatic heterocycles. The van der Waals surface area contributed by atoms with Gasteiger partial charge in [-0.2, -0.15) is 0 Å².